The molecule has 1 atom stereocenters. The van der Waals surface area contributed by atoms with Crippen molar-refractivity contribution in [3.8, 4) is 5.75 Å². The van der Waals surface area contributed by atoms with Gasteiger partial charge in [-0.2, -0.15) is 0 Å². The van der Waals surface area contributed by atoms with E-state index in [1.165, 1.54) is 25.7 Å². The Morgan fingerprint density at radius 2 is 1.84 bits per heavy atom. The number of aromatic amines is 1. The molecule has 0 radical (unpaired) electrons. The lowest BCUT2D eigenvalue weighted by Gasteiger charge is -2.30. The van der Waals surface area contributed by atoms with Gasteiger partial charge in [0.05, 0.1) is 13.2 Å². The minimum atomic E-state index is -0.256. The lowest BCUT2D eigenvalue weighted by molar-refractivity contribution is 0.216. The van der Waals surface area contributed by atoms with Gasteiger partial charge in [0.1, 0.15) is 11.8 Å². The highest BCUT2D eigenvalue weighted by molar-refractivity contribution is 5.80. The maximum absolute atomic E-state index is 13.3. The van der Waals surface area contributed by atoms with E-state index >= 15 is 0 Å². The van der Waals surface area contributed by atoms with Crippen molar-refractivity contribution in [2.24, 2.45) is 0 Å². The van der Waals surface area contributed by atoms with Gasteiger partial charge in [-0.3, -0.25) is 9.69 Å². The van der Waals surface area contributed by atoms with Crippen molar-refractivity contribution in [3.05, 3.63) is 46.0 Å². The molecule has 1 N–H and O–H groups in total. The van der Waals surface area contributed by atoms with Crippen LogP contribution in [-0.4, -0.2) is 50.3 Å². The monoisotopic (exact) mass is 422 g/mol. The van der Waals surface area contributed by atoms with Gasteiger partial charge in [0.15, 0.2) is 5.82 Å². The first-order valence-electron chi connectivity index (χ1n) is 11.5. The van der Waals surface area contributed by atoms with Crippen molar-refractivity contribution >= 4 is 10.9 Å². The van der Waals surface area contributed by atoms with Crippen LogP contribution in [-0.2, 0) is 0 Å². The molecule has 31 heavy (non-hydrogen) atoms. The molecule has 3 heterocycles. The molecule has 1 aliphatic carbocycles. The molecule has 8 heteroatoms. The number of nitrogens with one attached hydrogen (secondary N) is 1. The molecule has 2 fully saturated rings. The third-order valence-corrected chi connectivity index (χ3v) is 6.81. The second kappa shape index (κ2) is 8.78. The number of methoxy groups -OCH3 is 1. The zero-order chi connectivity index (χ0) is 21.2. The number of tetrazole rings is 1. The van der Waals surface area contributed by atoms with E-state index in [1.54, 1.807) is 7.11 Å². The third-order valence-electron chi connectivity index (χ3n) is 6.81. The maximum atomic E-state index is 13.3. The summed E-state index contributed by atoms with van der Waals surface area (Å²) in [6.45, 7) is 1.88. The summed E-state index contributed by atoms with van der Waals surface area (Å²) in [5.41, 5.74) is 1.43. The smallest absolute Gasteiger partial charge is 0.253 e. The lowest BCUT2D eigenvalue weighted by atomic mass is 10.0. The Kier molecular flexibility index (Phi) is 5.72. The average molecular weight is 423 g/mol. The van der Waals surface area contributed by atoms with Crippen LogP contribution in [0, 0.1) is 0 Å². The molecule has 164 valence electrons. The van der Waals surface area contributed by atoms with Crippen molar-refractivity contribution in [1.29, 1.82) is 0 Å². The topological polar surface area (TPSA) is 88.9 Å². The molecule has 1 aliphatic heterocycles. The number of benzene rings is 1. The number of rotatable bonds is 5. The SMILES string of the molecule is COc1ccc2[nH]c(=O)c([C@@H](c3nnnn3C3CCCC3)N3CCCCCC3)cc2c1. The Bertz CT molecular complexity index is 1090. The second-order valence-corrected chi connectivity index (χ2v) is 8.78. The van der Waals surface area contributed by atoms with Crippen LogP contribution in [0.5, 0.6) is 5.75 Å². The zero-order valence-electron chi connectivity index (χ0n) is 18.1. The van der Waals surface area contributed by atoms with Gasteiger partial charge in [-0.15, -0.1) is 5.10 Å². The molecule has 5 rings (SSSR count). The van der Waals surface area contributed by atoms with E-state index in [0.717, 1.165) is 61.2 Å². The minimum absolute atomic E-state index is 0.0760. The molecule has 0 amide bonds. The Balaban J connectivity index is 1.65. The molecule has 1 saturated heterocycles. The maximum Gasteiger partial charge on any atom is 0.253 e. The Morgan fingerprint density at radius 3 is 2.58 bits per heavy atom. The van der Waals surface area contributed by atoms with Crippen LogP contribution in [0.2, 0.25) is 0 Å². The van der Waals surface area contributed by atoms with Crippen LogP contribution in [0.25, 0.3) is 10.9 Å². The first-order valence-corrected chi connectivity index (χ1v) is 11.5. The number of hydrogen-bond acceptors (Lipinski definition) is 6. The number of H-pyrrole nitrogens is 1. The molecule has 8 nitrogen and oxygen atoms in total. The van der Waals surface area contributed by atoms with Crippen LogP contribution in [0.3, 0.4) is 0 Å². The highest BCUT2D eigenvalue weighted by atomic mass is 16.5. The number of fused-ring (bicyclic) bond motifs is 1. The summed E-state index contributed by atoms with van der Waals surface area (Å²) in [7, 11) is 1.66. The van der Waals surface area contributed by atoms with Gasteiger partial charge in [0.2, 0.25) is 0 Å². The van der Waals surface area contributed by atoms with Crippen LogP contribution in [0.1, 0.15) is 74.8 Å². The molecular formula is C23H30N6O2. The van der Waals surface area contributed by atoms with E-state index in [4.69, 9.17) is 4.74 Å². The number of pyridine rings is 1. The van der Waals surface area contributed by atoms with E-state index in [0.29, 0.717) is 11.6 Å². The largest absolute Gasteiger partial charge is 0.497 e. The highest BCUT2D eigenvalue weighted by Gasteiger charge is 2.33. The molecule has 3 aromatic rings. The molecule has 2 aromatic heterocycles. The standard InChI is InChI=1S/C23H30N6O2/c1-31-18-10-11-20-16(14-18)15-19(23(30)24-20)21(28-12-6-2-3-7-13-28)22-25-26-27-29(22)17-8-4-5-9-17/h10-11,14-15,17,21H,2-9,12-13H2,1H3,(H,24,30)/t21-/m0/s1. The van der Waals surface area contributed by atoms with Crippen molar-refractivity contribution < 1.29 is 4.74 Å². The summed E-state index contributed by atoms with van der Waals surface area (Å²) < 4.78 is 7.40. The summed E-state index contributed by atoms with van der Waals surface area (Å²) in [6.07, 6.45) is 9.29. The van der Waals surface area contributed by atoms with Crippen molar-refractivity contribution in [2.45, 2.75) is 63.5 Å². The van der Waals surface area contributed by atoms with Gasteiger partial charge in [-0.1, -0.05) is 25.7 Å². The van der Waals surface area contributed by atoms with Crippen LogP contribution in [0.15, 0.2) is 29.1 Å². The molecule has 0 bridgehead atoms. The number of hydrogen-bond donors (Lipinski definition) is 1. The second-order valence-electron chi connectivity index (χ2n) is 8.78. The molecule has 0 spiro atoms. The van der Waals surface area contributed by atoms with Gasteiger partial charge in [0, 0.05) is 16.5 Å². The van der Waals surface area contributed by atoms with Crippen LogP contribution < -0.4 is 10.3 Å². The van der Waals surface area contributed by atoms with Gasteiger partial charge in [-0.05, 0) is 73.5 Å². The minimum Gasteiger partial charge on any atom is -0.497 e. The Hall–Kier alpha value is -2.74. The predicted molar refractivity (Wildman–Crippen MR) is 118 cm³/mol. The molecule has 2 aliphatic rings. The highest BCUT2D eigenvalue weighted by Crippen LogP contribution is 2.34. The number of likely N-dealkylation sites (tertiary alicyclic amines) is 1. The van der Waals surface area contributed by atoms with Gasteiger partial charge >= 0.3 is 0 Å². The normalized spacial score (nSPS) is 19.5. The van der Waals surface area contributed by atoms with E-state index in [9.17, 15) is 4.79 Å². The number of nitrogens with zero attached hydrogens (tertiary/aromatic N) is 5. The first-order chi connectivity index (χ1) is 15.2. The van der Waals surface area contributed by atoms with Gasteiger partial charge < -0.3 is 9.72 Å². The molecule has 0 unspecified atom stereocenters. The fourth-order valence-electron chi connectivity index (χ4n) is 5.17. The predicted octanol–water partition coefficient (Wildman–Crippen LogP) is 3.60. The van der Waals surface area contributed by atoms with E-state index in [1.807, 2.05) is 28.9 Å². The fourth-order valence-corrected chi connectivity index (χ4v) is 5.17. The van der Waals surface area contributed by atoms with E-state index in [2.05, 4.69) is 25.4 Å². The van der Waals surface area contributed by atoms with Crippen LogP contribution in [0.4, 0.5) is 0 Å². The summed E-state index contributed by atoms with van der Waals surface area (Å²) in [5, 5.41) is 13.9. The fraction of sp³-hybridized carbons (Fsp3) is 0.565. The van der Waals surface area contributed by atoms with Crippen molar-refractivity contribution in [3.63, 3.8) is 0 Å². The average Bonchev–Trinajstić information content (AvgIpc) is 3.41. The summed E-state index contributed by atoms with van der Waals surface area (Å²) in [4.78, 5) is 18.8. The summed E-state index contributed by atoms with van der Waals surface area (Å²) in [6, 6.07) is 7.79. The molecule has 1 saturated carbocycles. The van der Waals surface area contributed by atoms with Gasteiger partial charge in [0.25, 0.3) is 5.56 Å². The number of ether oxygens (including phenoxy) is 1. The van der Waals surface area contributed by atoms with E-state index < -0.39 is 0 Å². The Morgan fingerprint density at radius 1 is 1.06 bits per heavy atom. The van der Waals surface area contributed by atoms with Crippen LogP contribution >= 0.6 is 0 Å². The van der Waals surface area contributed by atoms with E-state index in [-0.39, 0.29) is 11.6 Å². The molecular weight excluding hydrogens is 392 g/mol. The first kappa shape index (κ1) is 20.2. The molecule has 1 aromatic carbocycles. The van der Waals surface area contributed by atoms with Gasteiger partial charge in [-0.25, -0.2) is 4.68 Å². The van der Waals surface area contributed by atoms with Crippen molar-refractivity contribution in [2.75, 3.05) is 20.2 Å². The number of aromatic nitrogens is 5. The summed E-state index contributed by atoms with van der Waals surface area (Å²) in [5.74, 6) is 1.56. The Labute approximate surface area is 181 Å². The zero-order valence-corrected chi connectivity index (χ0v) is 18.1. The quantitative estimate of drug-likeness (QED) is 0.676. The van der Waals surface area contributed by atoms with Crippen molar-refractivity contribution in [1.82, 2.24) is 30.1 Å². The third kappa shape index (κ3) is 3.96. The lowest BCUT2D eigenvalue weighted by Crippen LogP contribution is -2.36. The summed E-state index contributed by atoms with van der Waals surface area (Å²) >= 11 is 0.